The highest BCUT2D eigenvalue weighted by atomic mass is 16.5. The van der Waals surface area contributed by atoms with Crippen molar-refractivity contribution in [3.63, 3.8) is 0 Å². The summed E-state index contributed by atoms with van der Waals surface area (Å²) >= 11 is 0. The Morgan fingerprint density at radius 3 is 2.67 bits per heavy atom. The van der Waals surface area contributed by atoms with Gasteiger partial charge < -0.3 is 10.5 Å². The van der Waals surface area contributed by atoms with E-state index in [0.717, 1.165) is 5.56 Å². The van der Waals surface area contributed by atoms with Crippen LogP contribution in [-0.2, 0) is 0 Å². The molecule has 62 valence electrons. The molecule has 3 heteroatoms. The zero-order chi connectivity index (χ0) is 9.14. The van der Waals surface area contributed by atoms with Crippen LogP contribution in [0.1, 0.15) is 5.56 Å². The summed E-state index contributed by atoms with van der Waals surface area (Å²) in [5.74, 6) is 0.535. The predicted octanol–water partition coefficient (Wildman–Crippen LogP) is 2.14. The van der Waals surface area contributed by atoms with E-state index in [4.69, 9.17) is 17.0 Å². The summed E-state index contributed by atoms with van der Waals surface area (Å²) in [4.78, 5) is 3.31. The molecule has 1 rings (SSSR count). The lowest BCUT2D eigenvalue weighted by Gasteiger charge is -2.05. The molecular weight excluding hydrogens is 152 g/mol. The van der Waals surface area contributed by atoms with Crippen molar-refractivity contribution >= 4 is 11.4 Å². The molecule has 0 spiro atoms. The number of benzene rings is 1. The highest BCUT2D eigenvalue weighted by Crippen LogP contribution is 2.31. The number of aryl methyl sites for hydroxylation is 1. The van der Waals surface area contributed by atoms with E-state index in [1.54, 1.807) is 12.1 Å². The van der Waals surface area contributed by atoms with E-state index in [-0.39, 0.29) is 0 Å². The summed E-state index contributed by atoms with van der Waals surface area (Å²) in [6.45, 7) is 8.72. The molecule has 12 heavy (non-hydrogen) atoms. The second-order valence-electron chi connectivity index (χ2n) is 2.49. The predicted molar refractivity (Wildman–Crippen MR) is 48.4 cm³/mol. The molecule has 0 bridgehead atoms. The molecule has 1 aromatic carbocycles. The van der Waals surface area contributed by atoms with Gasteiger partial charge in [-0.25, -0.2) is 4.85 Å². The topological polar surface area (TPSA) is 39.6 Å². The third-order valence-corrected chi connectivity index (χ3v) is 1.69. The third-order valence-electron chi connectivity index (χ3n) is 1.69. The van der Waals surface area contributed by atoms with Crippen LogP contribution in [0.15, 0.2) is 12.1 Å². The summed E-state index contributed by atoms with van der Waals surface area (Å²) in [6.07, 6.45) is 0. The molecule has 0 amide bonds. The van der Waals surface area contributed by atoms with Gasteiger partial charge in [-0.2, -0.15) is 0 Å². The molecule has 0 aliphatic rings. The minimum absolute atomic E-state index is 0.504. The van der Waals surface area contributed by atoms with Gasteiger partial charge in [0, 0.05) is 5.69 Å². The maximum absolute atomic E-state index is 6.86. The van der Waals surface area contributed by atoms with Crippen molar-refractivity contribution in [2.24, 2.45) is 0 Å². The Kier molecular flexibility index (Phi) is 2.20. The molecular formula is C9H10N2O. The van der Waals surface area contributed by atoms with Gasteiger partial charge in [-0.15, -0.1) is 0 Å². The van der Waals surface area contributed by atoms with Crippen molar-refractivity contribution in [1.82, 2.24) is 0 Å². The van der Waals surface area contributed by atoms with E-state index in [9.17, 15) is 0 Å². The van der Waals surface area contributed by atoms with Crippen LogP contribution in [0.4, 0.5) is 11.4 Å². The van der Waals surface area contributed by atoms with Gasteiger partial charge in [-0.3, -0.25) is 0 Å². The van der Waals surface area contributed by atoms with Crippen LogP contribution in [0.5, 0.6) is 5.75 Å². The second kappa shape index (κ2) is 3.14. The van der Waals surface area contributed by atoms with Gasteiger partial charge in [-0.1, -0.05) is 0 Å². The van der Waals surface area contributed by atoms with E-state index in [2.05, 4.69) is 4.85 Å². The van der Waals surface area contributed by atoms with Crippen LogP contribution < -0.4 is 10.5 Å². The third kappa shape index (κ3) is 1.32. The first-order chi connectivity index (χ1) is 5.69. The molecule has 0 atom stereocenters. The molecule has 0 heterocycles. The van der Waals surface area contributed by atoms with Gasteiger partial charge >= 0.3 is 0 Å². The number of methoxy groups -OCH3 is 1. The Balaban J connectivity index is 3.31. The Morgan fingerprint density at radius 2 is 2.17 bits per heavy atom. The van der Waals surface area contributed by atoms with Crippen molar-refractivity contribution in [3.05, 3.63) is 29.1 Å². The molecule has 0 aliphatic carbocycles. The minimum atomic E-state index is 0.504. The Hall–Kier alpha value is -1.69. The van der Waals surface area contributed by atoms with Crippen molar-refractivity contribution < 1.29 is 4.74 Å². The lowest BCUT2D eigenvalue weighted by Crippen LogP contribution is -1.91. The van der Waals surface area contributed by atoms with E-state index in [1.165, 1.54) is 7.11 Å². The fraction of sp³-hybridized carbons (Fsp3) is 0.222. The second-order valence-corrected chi connectivity index (χ2v) is 2.49. The highest BCUT2D eigenvalue weighted by Gasteiger charge is 2.04. The first-order valence-corrected chi connectivity index (χ1v) is 3.50. The number of hydrogen-bond acceptors (Lipinski definition) is 2. The van der Waals surface area contributed by atoms with Crippen LogP contribution in [0, 0.1) is 13.5 Å². The first kappa shape index (κ1) is 8.41. The van der Waals surface area contributed by atoms with Gasteiger partial charge in [0.1, 0.15) is 5.75 Å². The molecule has 0 radical (unpaired) electrons. The molecule has 0 saturated carbocycles. The SMILES string of the molecule is [C-]#[N+]c1cc(C)c(N)cc1OC. The fourth-order valence-corrected chi connectivity index (χ4v) is 0.939. The minimum Gasteiger partial charge on any atom is -0.508 e. The van der Waals surface area contributed by atoms with Crippen molar-refractivity contribution in [2.45, 2.75) is 6.92 Å². The molecule has 0 unspecified atom stereocenters. The van der Waals surface area contributed by atoms with E-state index >= 15 is 0 Å². The molecule has 0 fully saturated rings. The Bertz CT molecular complexity index is 339. The zero-order valence-electron chi connectivity index (χ0n) is 7.09. The molecule has 2 N–H and O–H groups in total. The monoisotopic (exact) mass is 162 g/mol. The van der Waals surface area contributed by atoms with Gasteiger partial charge in [0.25, 0.3) is 0 Å². The standard InChI is InChI=1S/C9H10N2O/c1-6-4-8(11-2)9(12-3)5-7(6)10/h4-5H,10H2,1,3H3. The van der Waals surface area contributed by atoms with Gasteiger partial charge in [0.05, 0.1) is 13.7 Å². The number of rotatable bonds is 1. The molecule has 1 aromatic rings. The van der Waals surface area contributed by atoms with Gasteiger partial charge in [-0.05, 0) is 24.6 Å². The number of ether oxygens (including phenoxy) is 1. The quantitative estimate of drug-likeness (QED) is 0.507. The van der Waals surface area contributed by atoms with E-state index in [0.29, 0.717) is 17.1 Å². The number of nitrogens with two attached hydrogens (primary N) is 1. The highest BCUT2D eigenvalue weighted by molar-refractivity contribution is 5.66. The van der Waals surface area contributed by atoms with Crippen molar-refractivity contribution in [1.29, 1.82) is 0 Å². The summed E-state index contributed by atoms with van der Waals surface area (Å²) in [7, 11) is 1.53. The number of hydrogen-bond donors (Lipinski definition) is 1. The van der Waals surface area contributed by atoms with Gasteiger partial charge in [0.2, 0.25) is 5.69 Å². The van der Waals surface area contributed by atoms with Crippen molar-refractivity contribution in [2.75, 3.05) is 12.8 Å². The number of nitrogens with zero attached hydrogens (tertiary/aromatic N) is 1. The molecule has 3 nitrogen and oxygen atoms in total. The average Bonchev–Trinajstić information content (AvgIpc) is 2.09. The normalized spacial score (nSPS) is 9.08. The fourth-order valence-electron chi connectivity index (χ4n) is 0.939. The Morgan fingerprint density at radius 1 is 1.50 bits per heavy atom. The molecule has 0 saturated heterocycles. The lowest BCUT2D eigenvalue weighted by atomic mass is 10.1. The smallest absolute Gasteiger partial charge is 0.228 e. The molecule has 0 aromatic heterocycles. The summed E-state index contributed by atoms with van der Waals surface area (Å²) in [6, 6.07) is 3.39. The maximum Gasteiger partial charge on any atom is 0.228 e. The van der Waals surface area contributed by atoms with Crippen molar-refractivity contribution in [3.8, 4) is 5.75 Å². The Labute approximate surface area is 71.6 Å². The molecule has 0 aliphatic heterocycles. The van der Waals surface area contributed by atoms with Crippen LogP contribution >= 0.6 is 0 Å². The first-order valence-electron chi connectivity index (χ1n) is 3.50. The summed E-state index contributed by atoms with van der Waals surface area (Å²) < 4.78 is 4.98. The number of nitrogen functional groups attached to an aromatic ring is 1. The van der Waals surface area contributed by atoms with Crippen LogP contribution in [-0.4, -0.2) is 7.11 Å². The van der Waals surface area contributed by atoms with E-state index < -0.39 is 0 Å². The lowest BCUT2D eigenvalue weighted by molar-refractivity contribution is 0.417. The van der Waals surface area contributed by atoms with Gasteiger partial charge in [0.15, 0.2) is 0 Å². The largest absolute Gasteiger partial charge is 0.508 e. The maximum atomic E-state index is 6.86. The summed E-state index contributed by atoms with van der Waals surface area (Å²) in [5, 5.41) is 0. The van der Waals surface area contributed by atoms with E-state index in [1.807, 2.05) is 6.92 Å². The average molecular weight is 162 g/mol. The summed E-state index contributed by atoms with van der Waals surface area (Å²) in [5.41, 5.74) is 7.70. The van der Waals surface area contributed by atoms with Crippen LogP contribution in [0.2, 0.25) is 0 Å². The van der Waals surface area contributed by atoms with Crippen LogP contribution in [0.25, 0.3) is 4.85 Å². The van der Waals surface area contributed by atoms with Crippen LogP contribution in [0.3, 0.4) is 0 Å². The number of anilines is 1. The zero-order valence-corrected chi connectivity index (χ0v) is 7.09.